The van der Waals surface area contributed by atoms with Gasteiger partial charge in [-0.3, -0.25) is 0 Å². The van der Waals surface area contributed by atoms with Crippen LogP contribution in [0.2, 0.25) is 5.15 Å². The van der Waals surface area contributed by atoms with E-state index in [4.69, 9.17) is 11.6 Å². The van der Waals surface area contributed by atoms with Crippen LogP contribution >= 0.6 is 11.6 Å². The lowest BCUT2D eigenvalue weighted by Crippen LogP contribution is -2.03. The molecule has 2 rings (SSSR count). The molecule has 0 unspecified atom stereocenters. The monoisotopic (exact) mass is 268 g/mol. The lowest BCUT2D eigenvalue weighted by molar-refractivity contribution is 0.573. The number of benzene rings is 1. The van der Waals surface area contributed by atoms with Crippen LogP contribution in [0.5, 0.6) is 0 Å². The van der Waals surface area contributed by atoms with Crippen LogP contribution in [0.1, 0.15) is 22.6 Å². The van der Waals surface area contributed by atoms with Crippen molar-refractivity contribution in [2.45, 2.75) is 20.3 Å². The number of hydrogen-bond donors (Lipinski definition) is 0. The second kappa shape index (κ2) is 4.98. The molecule has 0 aliphatic rings. The number of aromatic nitrogens is 2. The lowest BCUT2D eigenvalue weighted by Gasteiger charge is -2.06. The molecule has 5 heteroatoms. The van der Waals surface area contributed by atoms with E-state index in [9.17, 15) is 8.78 Å². The first-order chi connectivity index (χ1) is 8.47. The topological polar surface area (TPSA) is 25.8 Å². The van der Waals surface area contributed by atoms with Crippen molar-refractivity contribution >= 4 is 11.6 Å². The van der Waals surface area contributed by atoms with Crippen LogP contribution in [0.3, 0.4) is 0 Å². The van der Waals surface area contributed by atoms with Gasteiger partial charge in [0.1, 0.15) is 22.6 Å². The first-order valence-electron chi connectivity index (χ1n) is 5.41. The van der Waals surface area contributed by atoms with Crippen molar-refractivity contribution in [1.29, 1.82) is 0 Å². The fraction of sp³-hybridized carbons (Fsp3) is 0.231. The largest absolute Gasteiger partial charge is 0.238 e. The number of hydrogen-bond acceptors (Lipinski definition) is 2. The van der Waals surface area contributed by atoms with Gasteiger partial charge in [0.15, 0.2) is 0 Å². The molecule has 2 nitrogen and oxygen atoms in total. The van der Waals surface area contributed by atoms with E-state index in [2.05, 4.69) is 9.97 Å². The Morgan fingerprint density at radius 1 is 1.17 bits per heavy atom. The van der Waals surface area contributed by atoms with Crippen molar-refractivity contribution < 1.29 is 8.78 Å². The average molecular weight is 269 g/mol. The van der Waals surface area contributed by atoms with Gasteiger partial charge in [0, 0.05) is 23.7 Å². The summed E-state index contributed by atoms with van der Waals surface area (Å²) in [7, 11) is 0. The SMILES string of the molecule is Cc1nc(Cc2ccc(F)cc2F)nc(Cl)c1C. The highest BCUT2D eigenvalue weighted by Gasteiger charge is 2.10. The van der Waals surface area contributed by atoms with Gasteiger partial charge in [0.2, 0.25) is 0 Å². The predicted octanol–water partition coefficient (Wildman–Crippen LogP) is 3.62. The maximum atomic E-state index is 13.5. The van der Waals surface area contributed by atoms with E-state index in [1.54, 1.807) is 0 Å². The molecule has 0 aliphatic heterocycles. The van der Waals surface area contributed by atoms with Crippen molar-refractivity contribution in [3.63, 3.8) is 0 Å². The minimum Gasteiger partial charge on any atom is -0.238 e. The molecule has 0 bridgehead atoms. The summed E-state index contributed by atoms with van der Waals surface area (Å²) in [6.07, 6.45) is 0.187. The van der Waals surface area contributed by atoms with Crippen molar-refractivity contribution in [1.82, 2.24) is 9.97 Å². The molecule has 0 saturated heterocycles. The number of aryl methyl sites for hydroxylation is 1. The van der Waals surface area contributed by atoms with Gasteiger partial charge < -0.3 is 0 Å². The van der Waals surface area contributed by atoms with Crippen LogP contribution in [0.25, 0.3) is 0 Å². The highest BCUT2D eigenvalue weighted by molar-refractivity contribution is 6.30. The van der Waals surface area contributed by atoms with Gasteiger partial charge in [0.25, 0.3) is 0 Å². The smallest absolute Gasteiger partial charge is 0.135 e. The molecule has 1 heterocycles. The van der Waals surface area contributed by atoms with E-state index in [1.165, 1.54) is 12.1 Å². The summed E-state index contributed by atoms with van der Waals surface area (Å²) < 4.78 is 26.3. The standard InChI is InChI=1S/C13H11ClF2N2/c1-7-8(2)17-12(18-13(7)14)5-9-3-4-10(15)6-11(9)16/h3-4,6H,5H2,1-2H3. The molecule has 94 valence electrons. The van der Waals surface area contributed by atoms with Crippen LogP contribution in [-0.4, -0.2) is 9.97 Å². The summed E-state index contributed by atoms with van der Waals surface area (Å²) in [6.45, 7) is 3.63. The minimum absolute atomic E-state index is 0.187. The molecule has 0 saturated carbocycles. The Morgan fingerprint density at radius 2 is 1.89 bits per heavy atom. The molecule has 0 spiro atoms. The summed E-state index contributed by atoms with van der Waals surface area (Å²) in [5.41, 5.74) is 1.91. The van der Waals surface area contributed by atoms with Gasteiger partial charge in [-0.05, 0) is 25.5 Å². The van der Waals surface area contributed by atoms with Crippen molar-refractivity contribution in [3.8, 4) is 0 Å². The van der Waals surface area contributed by atoms with Crippen molar-refractivity contribution in [3.05, 3.63) is 57.6 Å². The average Bonchev–Trinajstić information content (AvgIpc) is 2.29. The molecule has 0 fully saturated rings. The Bertz CT molecular complexity index is 577. The summed E-state index contributed by atoms with van der Waals surface area (Å²) in [4.78, 5) is 8.32. The molecule has 0 aliphatic carbocycles. The van der Waals surface area contributed by atoms with Crippen LogP contribution in [0, 0.1) is 25.5 Å². The van der Waals surface area contributed by atoms with E-state index in [-0.39, 0.29) is 6.42 Å². The highest BCUT2D eigenvalue weighted by atomic mass is 35.5. The fourth-order valence-corrected chi connectivity index (χ4v) is 1.80. The maximum Gasteiger partial charge on any atom is 0.135 e. The second-order valence-corrected chi connectivity index (χ2v) is 4.41. The Balaban J connectivity index is 2.34. The fourth-order valence-electron chi connectivity index (χ4n) is 1.56. The zero-order chi connectivity index (χ0) is 13.3. The highest BCUT2D eigenvalue weighted by Crippen LogP contribution is 2.18. The molecule has 0 amide bonds. The third-order valence-corrected chi connectivity index (χ3v) is 3.11. The lowest BCUT2D eigenvalue weighted by atomic mass is 10.1. The summed E-state index contributed by atoms with van der Waals surface area (Å²) >= 11 is 5.95. The van der Waals surface area contributed by atoms with Gasteiger partial charge in [-0.15, -0.1) is 0 Å². The second-order valence-electron chi connectivity index (χ2n) is 4.05. The molecule has 1 aromatic heterocycles. The van der Waals surface area contributed by atoms with Gasteiger partial charge in [-0.1, -0.05) is 17.7 Å². The third kappa shape index (κ3) is 2.64. The van der Waals surface area contributed by atoms with Gasteiger partial charge in [-0.25, -0.2) is 18.7 Å². The van der Waals surface area contributed by atoms with Gasteiger partial charge in [-0.2, -0.15) is 0 Å². The van der Waals surface area contributed by atoms with Crippen LogP contribution < -0.4 is 0 Å². The molecule has 0 N–H and O–H groups in total. The maximum absolute atomic E-state index is 13.5. The van der Waals surface area contributed by atoms with E-state index in [0.717, 1.165) is 17.3 Å². The third-order valence-electron chi connectivity index (χ3n) is 2.74. The zero-order valence-corrected chi connectivity index (χ0v) is 10.7. The van der Waals surface area contributed by atoms with Crippen molar-refractivity contribution in [2.24, 2.45) is 0 Å². The molecular formula is C13H11ClF2N2. The molecular weight excluding hydrogens is 258 g/mol. The molecule has 2 aromatic rings. The van der Waals surface area contributed by atoms with E-state index in [1.807, 2.05) is 13.8 Å². The summed E-state index contributed by atoms with van der Waals surface area (Å²) in [5, 5.41) is 0.361. The Kier molecular flexibility index (Phi) is 3.57. The summed E-state index contributed by atoms with van der Waals surface area (Å²) in [6, 6.07) is 3.44. The minimum atomic E-state index is -0.604. The Hall–Kier alpha value is -1.55. The van der Waals surface area contributed by atoms with Gasteiger partial charge in [0.05, 0.1) is 0 Å². The Labute approximate surface area is 109 Å². The van der Waals surface area contributed by atoms with Crippen LogP contribution in [-0.2, 0) is 6.42 Å². The van der Waals surface area contributed by atoms with Crippen molar-refractivity contribution in [2.75, 3.05) is 0 Å². The van der Waals surface area contributed by atoms with E-state index < -0.39 is 11.6 Å². The Morgan fingerprint density at radius 3 is 2.50 bits per heavy atom. The number of halogens is 3. The quantitative estimate of drug-likeness (QED) is 0.778. The number of rotatable bonds is 2. The zero-order valence-electron chi connectivity index (χ0n) is 9.97. The van der Waals surface area contributed by atoms with Crippen LogP contribution in [0.4, 0.5) is 8.78 Å². The number of nitrogens with zero attached hydrogens (tertiary/aromatic N) is 2. The van der Waals surface area contributed by atoms with E-state index in [0.29, 0.717) is 16.5 Å². The molecule has 1 aromatic carbocycles. The van der Waals surface area contributed by atoms with Crippen LogP contribution in [0.15, 0.2) is 18.2 Å². The predicted molar refractivity (Wildman–Crippen MR) is 65.7 cm³/mol. The normalized spacial score (nSPS) is 10.7. The summed E-state index contributed by atoms with van der Waals surface area (Å²) in [5.74, 6) is -0.781. The first kappa shape index (κ1) is 12.9. The molecule has 0 radical (unpaired) electrons. The molecule has 0 atom stereocenters. The first-order valence-corrected chi connectivity index (χ1v) is 5.78. The van der Waals surface area contributed by atoms with E-state index >= 15 is 0 Å². The molecule has 18 heavy (non-hydrogen) atoms. The van der Waals surface area contributed by atoms with Gasteiger partial charge >= 0.3 is 0 Å².